The van der Waals surface area contributed by atoms with Crippen LogP contribution in [0.5, 0.6) is 0 Å². The molecule has 9 heteroatoms. The number of alkyl halides is 1. The van der Waals surface area contributed by atoms with Gasteiger partial charge < -0.3 is 10.8 Å². The molecule has 1 unspecified atom stereocenters. The quantitative estimate of drug-likeness (QED) is 0.446. The summed E-state index contributed by atoms with van der Waals surface area (Å²) in [4.78, 5) is 20.4. The molecule has 4 aromatic rings. The highest BCUT2D eigenvalue weighted by molar-refractivity contribution is 6.36. The van der Waals surface area contributed by atoms with Gasteiger partial charge in [-0.05, 0) is 37.2 Å². The summed E-state index contributed by atoms with van der Waals surface area (Å²) in [6.07, 6.45) is 3.75. The number of pyridine rings is 1. The van der Waals surface area contributed by atoms with Crippen LogP contribution in [0.4, 0.5) is 10.2 Å². The van der Waals surface area contributed by atoms with Gasteiger partial charge in [-0.2, -0.15) is 9.61 Å². The Morgan fingerprint density at radius 3 is 2.47 bits per heavy atom. The van der Waals surface area contributed by atoms with Gasteiger partial charge in [0, 0.05) is 40.4 Å². The van der Waals surface area contributed by atoms with E-state index in [4.69, 9.17) is 23.7 Å². The van der Waals surface area contributed by atoms with Gasteiger partial charge in [-0.3, -0.25) is 4.98 Å². The SMILES string of the molecule is [B]c1c(C2CCC(C(F)C(=O)O)CC2)nc2c(-c3ccc(-c4ccccc4)nc3)cnn2c1N. The zero-order chi connectivity index (χ0) is 23.8. The molecule has 1 aliphatic rings. The van der Waals surface area contributed by atoms with E-state index in [0.29, 0.717) is 48.3 Å². The number of aromatic nitrogens is 4. The van der Waals surface area contributed by atoms with E-state index in [-0.39, 0.29) is 5.92 Å². The maximum atomic E-state index is 14.0. The number of hydrogen-bond donors (Lipinski definition) is 2. The molecule has 1 aliphatic carbocycles. The van der Waals surface area contributed by atoms with Crippen LogP contribution in [0.1, 0.15) is 37.3 Å². The molecule has 5 rings (SSSR count). The molecule has 1 aromatic carbocycles. The second-order valence-electron chi connectivity index (χ2n) is 8.74. The van der Waals surface area contributed by atoms with Crippen LogP contribution < -0.4 is 11.2 Å². The number of rotatable bonds is 5. The lowest BCUT2D eigenvalue weighted by Gasteiger charge is -2.30. The number of carboxylic acids is 1. The first-order valence-corrected chi connectivity index (χ1v) is 11.3. The average Bonchev–Trinajstić information content (AvgIpc) is 3.30. The van der Waals surface area contributed by atoms with Gasteiger partial charge in [0.05, 0.1) is 11.9 Å². The number of hydrogen-bond acceptors (Lipinski definition) is 5. The minimum atomic E-state index is -1.84. The predicted molar refractivity (Wildman–Crippen MR) is 129 cm³/mol. The summed E-state index contributed by atoms with van der Waals surface area (Å²) in [5, 5.41) is 13.4. The fourth-order valence-corrected chi connectivity index (χ4v) is 4.78. The predicted octanol–water partition coefficient (Wildman–Crippen LogP) is 3.53. The number of benzene rings is 1. The number of halogens is 1. The highest BCUT2D eigenvalue weighted by Crippen LogP contribution is 2.38. The largest absolute Gasteiger partial charge is 0.479 e. The van der Waals surface area contributed by atoms with Gasteiger partial charge in [-0.15, -0.1) is 0 Å². The Labute approximate surface area is 197 Å². The van der Waals surface area contributed by atoms with Crippen molar-refractivity contribution < 1.29 is 14.3 Å². The molecular weight excluding hydrogens is 432 g/mol. The Bertz CT molecular complexity index is 1340. The molecule has 1 saturated carbocycles. The molecule has 0 amide bonds. The van der Waals surface area contributed by atoms with Gasteiger partial charge in [-0.1, -0.05) is 36.4 Å². The Balaban J connectivity index is 1.46. The zero-order valence-electron chi connectivity index (χ0n) is 18.4. The van der Waals surface area contributed by atoms with Crippen molar-refractivity contribution in [2.75, 3.05) is 5.73 Å². The number of anilines is 1. The summed E-state index contributed by atoms with van der Waals surface area (Å²) in [6, 6.07) is 13.8. The van der Waals surface area contributed by atoms with Crippen molar-refractivity contribution in [3.63, 3.8) is 0 Å². The number of nitrogen functional groups attached to an aromatic ring is 1. The van der Waals surface area contributed by atoms with Crippen molar-refractivity contribution in [2.45, 2.75) is 37.8 Å². The van der Waals surface area contributed by atoms with Gasteiger partial charge in [0.1, 0.15) is 13.7 Å². The van der Waals surface area contributed by atoms with Crippen LogP contribution in [-0.2, 0) is 4.79 Å². The molecule has 0 spiro atoms. The Kier molecular flexibility index (Phi) is 5.77. The molecule has 3 heterocycles. The number of nitrogens with two attached hydrogens (primary N) is 1. The van der Waals surface area contributed by atoms with Crippen molar-refractivity contribution >= 4 is 30.7 Å². The van der Waals surface area contributed by atoms with Crippen LogP contribution in [0, 0.1) is 5.92 Å². The monoisotopic (exact) mass is 455 g/mol. The van der Waals surface area contributed by atoms with E-state index in [0.717, 1.165) is 22.4 Å². The van der Waals surface area contributed by atoms with E-state index in [1.165, 1.54) is 4.52 Å². The van der Waals surface area contributed by atoms with E-state index in [1.54, 1.807) is 12.4 Å². The summed E-state index contributed by atoms with van der Waals surface area (Å²) in [7, 11) is 6.33. The second kappa shape index (κ2) is 8.89. The first kappa shape index (κ1) is 22.1. The second-order valence-corrected chi connectivity index (χ2v) is 8.74. The number of nitrogens with zero attached hydrogens (tertiary/aromatic N) is 4. The Morgan fingerprint density at radius 2 is 1.82 bits per heavy atom. The lowest BCUT2D eigenvalue weighted by atomic mass is 9.75. The Morgan fingerprint density at radius 1 is 1.09 bits per heavy atom. The number of aliphatic carboxylic acids is 1. The maximum absolute atomic E-state index is 14.0. The molecule has 7 nitrogen and oxygen atoms in total. The fourth-order valence-electron chi connectivity index (χ4n) is 4.78. The van der Waals surface area contributed by atoms with Crippen molar-refractivity contribution in [2.24, 2.45) is 5.92 Å². The lowest BCUT2D eigenvalue weighted by molar-refractivity contribution is -0.145. The smallest absolute Gasteiger partial charge is 0.338 e. The topological polar surface area (TPSA) is 106 Å². The van der Waals surface area contributed by atoms with Gasteiger partial charge >= 0.3 is 5.97 Å². The van der Waals surface area contributed by atoms with E-state index in [2.05, 4.69) is 10.1 Å². The molecule has 1 fully saturated rings. The lowest BCUT2D eigenvalue weighted by Crippen LogP contribution is -2.31. The molecule has 170 valence electrons. The third-order valence-electron chi connectivity index (χ3n) is 6.70. The van der Waals surface area contributed by atoms with Crippen LogP contribution in [-0.4, -0.2) is 44.7 Å². The van der Waals surface area contributed by atoms with Crippen molar-refractivity contribution in [3.8, 4) is 22.4 Å². The molecule has 1 atom stereocenters. The maximum Gasteiger partial charge on any atom is 0.338 e. The number of carboxylic acid groups (broad SMARTS) is 1. The molecule has 3 aromatic heterocycles. The Hall–Kier alpha value is -3.75. The molecule has 2 radical (unpaired) electrons. The zero-order valence-corrected chi connectivity index (χ0v) is 18.4. The minimum Gasteiger partial charge on any atom is -0.479 e. The van der Waals surface area contributed by atoms with Gasteiger partial charge in [-0.25, -0.2) is 14.2 Å². The number of carbonyl (C=O) groups is 1. The third kappa shape index (κ3) is 3.91. The molecule has 0 aliphatic heterocycles. The van der Waals surface area contributed by atoms with Crippen molar-refractivity contribution in [3.05, 3.63) is 60.6 Å². The van der Waals surface area contributed by atoms with Crippen LogP contribution in [0.15, 0.2) is 54.9 Å². The first-order valence-electron chi connectivity index (χ1n) is 11.3. The molecule has 0 bridgehead atoms. The summed E-state index contributed by atoms with van der Waals surface area (Å²) in [6.45, 7) is 0. The number of fused-ring (bicyclic) bond motifs is 1. The van der Waals surface area contributed by atoms with E-state index < -0.39 is 18.1 Å². The molecular formula is C25H23BFN5O2. The first-order chi connectivity index (χ1) is 16.4. The third-order valence-corrected chi connectivity index (χ3v) is 6.70. The van der Waals surface area contributed by atoms with Crippen LogP contribution in [0.25, 0.3) is 28.0 Å². The fraction of sp³-hybridized carbons (Fsp3) is 0.280. The van der Waals surface area contributed by atoms with Gasteiger partial charge in [0.2, 0.25) is 0 Å². The van der Waals surface area contributed by atoms with Crippen LogP contribution in [0.2, 0.25) is 0 Å². The minimum absolute atomic E-state index is 0.0223. The van der Waals surface area contributed by atoms with E-state index in [1.807, 2.05) is 42.5 Å². The van der Waals surface area contributed by atoms with E-state index >= 15 is 0 Å². The van der Waals surface area contributed by atoms with Crippen LogP contribution >= 0.6 is 0 Å². The van der Waals surface area contributed by atoms with Gasteiger partial charge in [0.15, 0.2) is 11.8 Å². The normalized spacial score (nSPS) is 19.2. The summed E-state index contributed by atoms with van der Waals surface area (Å²) in [5.41, 5.74) is 11.4. The summed E-state index contributed by atoms with van der Waals surface area (Å²) < 4.78 is 15.5. The highest BCUT2D eigenvalue weighted by Gasteiger charge is 2.33. The van der Waals surface area contributed by atoms with Gasteiger partial charge in [0.25, 0.3) is 0 Å². The summed E-state index contributed by atoms with van der Waals surface area (Å²) >= 11 is 0. The highest BCUT2D eigenvalue weighted by atomic mass is 19.1. The van der Waals surface area contributed by atoms with E-state index in [9.17, 15) is 9.18 Å². The molecule has 3 N–H and O–H groups in total. The standard InChI is InChI=1S/C25H23BFN5O2/c26-20-22(16-8-6-15(7-9-16)21(27)25(33)34)31-24-18(13-30-32(24)23(20)28)17-10-11-19(29-12-17)14-4-2-1-3-5-14/h1-5,10-13,15-16,21H,6-9,28H2,(H,33,34). The summed E-state index contributed by atoms with van der Waals surface area (Å²) in [5.74, 6) is -1.61. The molecule has 0 saturated heterocycles. The van der Waals surface area contributed by atoms with Crippen molar-refractivity contribution in [1.82, 2.24) is 19.6 Å². The average molecular weight is 455 g/mol. The van der Waals surface area contributed by atoms with Crippen molar-refractivity contribution in [1.29, 1.82) is 0 Å². The molecule has 34 heavy (non-hydrogen) atoms. The van der Waals surface area contributed by atoms with Crippen LogP contribution in [0.3, 0.4) is 0 Å².